The number of aliphatic hydroxyl groups is 1. The summed E-state index contributed by atoms with van der Waals surface area (Å²) >= 11 is 0. The van der Waals surface area contributed by atoms with E-state index in [0.717, 1.165) is 55.3 Å². The number of nitrogens with one attached hydrogen (secondary N) is 3. The van der Waals surface area contributed by atoms with Crippen LogP contribution >= 0.6 is 0 Å². The highest BCUT2D eigenvalue weighted by Gasteiger charge is 2.19. The highest BCUT2D eigenvalue weighted by molar-refractivity contribution is 5.80. The van der Waals surface area contributed by atoms with Gasteiger partial charge in [-0.3, -0.25) is 0 Å². The maximum atomic E-state index is 9.63. The molecule has 1 aliphatic carbocycles. The van der Waals surface area contributed by atoms with Gasteiger partial charge in [0, 0.05) is 12.6 Å². The number of benzene rings is 1. The van der Waals surface area contributed by atoms with Crippen LogP contribution in [-0.2, 0) is 6.54 Å². The average Bonchev–Trinajstić information content (AvgIpc) is 3.12. The Morgan fingerprint density at radius 2 is 2.00 bits per heavy atom. The molecule has 1 heterocycles. The van der Waals surface area contributed by atoms with Crippen LogP contribution < -0.4 is 10.6 Å². The molecule has 134 valence electrons. The molecule has 1 fully saturated rings. The highest BCUT2D eigenvalue weighted by Crippen LogP contribution is 2.18. The second-order valence-electron chi connectivity index (χ2n) is 6.45. The summed E-state index contributed by atoms with van der Waals surface area (Å²) < 4.78 is 0. The fraction of sp³-hybridized carbons (Fsp3) is 0.474. The van der Waals surface area contributed by atoms with Crippen molar-refractivity contribution in [3.05, 3.63) is 42.4 Å². The highest BCUT2D eigenvalue weighted by atomic mass is 16.3. The van der Waals surface area contributed by atoms with Crippen molar-refractivity contribution >= 4 is 5.96 Å². The summed E-state index contributed by atoms with van der Waals surface area (Å²) in [4.78, 5) is 12.4. The summed E-state index contributed by atoms with van der Waals surface area (Å²) in [5, 5.41) is 16.4. The lowest BCUT2D eigenvalue weighted by Crippen LogP contribution is -2.45. The smallest absolute Gasteiger partial charge is 0.191 e. The molecule has 25 heavy (non-hydrogen) atoms. The normalized spacial score (nSPS) is 21.1. The number of guanidine groups is 1. The average molecular weight is 341 g/mol. The number of aromatic nitrogens is 2. The van der Waals surface area contributed by atoms with Gasteiger partial charge in [-0.2, -0.15) is 0 Å². The van der Waals surface area contributed by atoms with Gasteiger partial charge >= 0.3 is 0 Å². The summed E-state index contributed by atoms with van der Waals surface area (Å²) in [6, 6.07) is 10.5. The molecule has 0 spiro atoms. The first kappa shape index (κ1) is 17.5. The van der Waals surface area contributed by atoms with Crippen LogP contribution in [0.15, 0.2) is 41.5 Å². The second kappa shape index (κ2) is 8.67. The summed E-state index contributed by atoms with van der Waals surface area (Å²) in [5.74, 6) is 1.65. The van der Waals surface area contributed by atoms with Gasteiger partial charge in [0.05, 0.1) is 18.0 Å². The van der Waals surface area contributed by atoms with Crippen molar-refractivity contribution in [3.8, 4) is 11.3 Å². The Bertz CT molecular complexity index is 674. The largest absolute Gasteiger partial charge is 0.393 e. The van der Waals surface area contributed by atoms with E-state index >= 15 is 0 Å². The Morgan fingerprint density at radius 1 is 1.24 bits per heavy atom. The molecule has 0 atom stereocenters. The van der Waals surface area contributed by atoms with Gasteiger partial charge in [-0.1, -0.05) is 30.3 Å². The van der Waals surface area contributed by atoms with Crippen LogP contribution in [0.4, 0.5) is 0 Å². The van der Waals surface area contributed by atoms with Crippen LogP contribution in [0.2, 0.25) is 0 Å². The summed E-state index contributed by atoms with van der Waals surface area (Å²) in [6.07, 6.45) is 5.38. The second-order valence-corrected chi connectivity index (χ2v) is 6.45. The lowest BCUT2D eigenvalue weighted by molar-refractivity contribution is 0.120. The van der Waals surface area contributed by atoms with Gasteiger partial charge in [-0.15, -0.1) is 0 Å². The summed E-state index contributed by atoms with van der Waals surface area (Å²) in [6.45, 7) is 3.37. The van der Waals surface area contributed by atoms with E-state index in [1.54, 1.807) is 0 Å². The van der Waals surface area contributed by atoms with E-state index in [1.165, 1.54) is 0 Å². The minimum Gasteiger partial charge on any atom is -0.393 e. The molecule has 1 saturated carbocycles. The molecule has 6 heteroatoms. The minimum atomic E-state index is -0.142. The predicted molar refractivity (Wildman–Crippen MR) is 100 cm³/mol. The van der Waals surface area contributed by atoms with Crippen molar-refractivity contribution in [2.45, 2.75) is 51.3 Å². The number of rotatable bonds is 5. The molecule has 0 aliphatic heterocycles. The van der Waals surface area contributed by atoms with Gasteiger partial charge in [-0.05, 0) is 38.2 Å². The Kier molecular flexibility index (Phi) is 6.06. The zero-order valence-corrected chi connectivity index (χ0v) is 14.7. The Hall–Kier alpha value is -2.34. The van der Waals surface area contributed by atoms with Gasteiger partial charge in [0.1, 0.15) is 12.4 Å². The predicted octanol–water partition coefficient (Wildman–Crippen LogP) is 2.44. The van der Waals surface area contributed by atoms with Crippen molar-refractivity contribution in [3.63, 3.8) is 0 Å². The number of hydrogen-bond donors (Lipinski definition) is 4. The van der Waals surface area contributed by atoms with E-state index in [9.17, 15) is 5.11 Å². The third-order valence-corrected chi connectivity index (χ3v) is 4.48. The first-order chi connectivity index (χ1) is 12.2. The number of aromatic amines is 1. The van der Waals surface area contributed by atoms with E-state index in [2.05, 4.69) is 44.7 Å². The number of aliphatic imine (C=N–C) groups is 1. The quantitative estimate of drug-likeness (QED) is 0.497. The number of imidazole rings is 1. The summed E-state index contributed by atoms with van der Waals surface area (Å²) in [7, 11) is 0. The molecule has 0 bridgehead atoms. The zero-order valence-electron chi connectivity index (χ0n) is 14.7. The number of hydrogen-bond acceptors (Lipinski definition) is 3. The molecule has 1 aromatic carbocycles. The molecular formula is C19H27N5O. The van der Waals surface area contributed by atoms with E-state index < -0.39 is 0 Å². The van der Waals surface area contributed by atoms with Gasteiger partial charge in [-0.25, -0.2) is 9.98 Å². The van der Waals surface area contributed by atoms with Crippen LogP contribution in [0.25, 0.3) is 11.3 Å². The third-order valence-electron chi connectivity index (χ3n) is 4.48. The summed E-state index contributed by atoms with van der Waals surface area (Å²) in [5.41, 5.74) is 2.13. The van der Waals surface area contributed by atoms with Gasteiger partial charge in [0.2, 0.25) is 0 Å². The molecule has 3 rings (SSSR count). The molecule has 2 aromatic rings. The van der Waals surface area contributed by atoms with Crippen molar-refractivity contribution in [2.24, 2.45) is 4.99 Å². The molecule has 6 nitrogen and oxygen atoms in total. The molecular weight excluding hydrogens is 314 g/mol. The fourth-order valence-corrected chi connectivity index (χ4v) is 3.09. The molecule has 0 unspecified atom stereocenters. The van der Waals surface area contributed by atoms with E-state index in [1.807, 2.05) is 24.4 Å². The number of nitrogens with zero attached hydrogens (tertiary/aromatic N) is 2. The van der Waals surface area contributed by atoms with Gasteiger partial charge in [0.15, 0.2) is 5.96 Å². The van der Waals surface area contributed by atoms with Crippen molar-refractivity contribution < 1.29 is 5.11 Å². The van der Waals surface area contributed by atoms with E-state index in [-0.39, 0.29) is 6.10 Å². The Balaban J connectivity index is 1.60. The molecule has 1 aromatic heterocycles. The van der Waals surface area contributed by atoms with Crippen LogP contribution in [0, 0.1) is 0 Å². The monoisotopic (exact) mass is 341 g/mol. The first-order valence-electron chi connectivity index (χ1n) is 9.07. The lowest BCUT2D eigenvalue weighted by atomic mass is 9.93. The van der Waals surface area contributed by atoms with E-state index in [4.69, 9.17) is 0 Å². The van der Waals surface area contributed by atoms with E-state index in [0.29, 0.717) is 12.6 Å². The molecule has 4 N–H and O–H groups in total. The standard InChI is InChI=1S/C19H27N5O/c1-2-20-19(23-15-8-10-16(25)11-9-15)22-13-18-21-12-17(24-18)14-6-4-3-5-7-14/h3-7,12,15-16,25H,2,8-11,13H2,1H3,(H,21,24)(H2,20,22,23). The molecule has 0 amide bonds. The zero-order chi connectivity index (χ0) is 17.5. The van der Waals surface area contributed by atoms with Gasteiger partial charge in [0.25, 0.3) is 0 Å². The molecule has 0 radical (unpaired) electrons. The number of H-pyrrole nitrogens is 1. The first-order valence-corrected chi connectivity index (χ1v) is 9.07. The van der Waals surface area contributed by atoms with Crippen LogP contribution in [0.3, 0.4) is 0 Å². The third kappa shape index (κ3) is 5.06. The maximum absolute atomic E-state index is 9.63. The fourth-order valence-electron chi connectivity index (χ4n) is 3.09. The Morgan fingerprint density at radius 3 is 2.72 bits per heavy atom. The number of aliphatic hydroxyl groups excluding tert-OH is 1. The SMILES string of the molecule is CCNC(=NCc1ncc(-c2ccccc2)[nH]1)NC1CCC(O)CC1. The van der Waals surface area contributed by atoms with Crippen molar-refractivity contribution in [1.82, 2.24) is 20.6 Å². The Labute approximate surface area is 148 Å². The maximum Gasteiger partial charge on any atom is 0.191 e. The molecule has 1 aliphatic rings. The minimum absolute atomic E-state index is 0.142. The van der Waals surface area contributed by atoms with Crippen molar-refractivity contribution in [1.29, 1.82) is 0 Å². The molecule has 0 saturated heterocycles. The topological polar surface area (TPSA) is 85.3 Å². The van der Waals surface area contributed by atoms with Crippen LogP contribution in [0.1, 0.15) is 38.4 Å². The van der Waals surface area contributed by atoms with Crippen LogP contribution in [0.5, 0.6) is 0 Å². The van der Waals surface area contributed by atoms with Crippen molar-refractivity contribution in [2.75, 3.05) is 6.54 Å². The van der Waals surface area contributed by atoms with Crippen LogP contribution in [-0.4, -0.2) is 39.7 Å². The van der Waals surface area contributed by atoms with Gasteiger partial charge < -0.3 is 20.7 Å². The lowest BCUT2D eigenvalue weighted by Gasteiger charge is -2.27.